The van der Waals surface area contributed by atoms with Gasteiger partial charge in [-0.1, -0.05) is 13.5 Å². The molecule has 1 saturated heterocycles. The van der Waals surface area contributed by atoms with E-state index in [9.17, 15) is 9.59 Å². The van der Waals surface area contributed by atoms with Crippen molar-refractivity contribution in [2.24, 2.45) is 11.8 Å². The molecule has 148 valence electrons. The Morgan fingerprint density at radius 2 is 2.07 bits per heavy atom. The van der Waals surface area contributed by atoms with E-state index in [1.807, 2.05) is 38.1 Å². The van der Waals surface area contributed by atoms with Crippen LogP contribution in [0.2, 0.25) is 0 Å². The lowest BCUT2D eigenvalue weighted by molar-refractivity contribution is -0.121. The van der Waals surface area contributed by atoms with E-state index in [2.05, 4.69) is 27.1 Å². The van der Waals surface area contributed by atoms with Gasteiger partial charge in [-0.2, -0.15) is 0 Å². The molecule has 1 aliphatic heterocycles. The summed E-state index contributed by atoms with van der Waals surface area (Å²) in [5, 5.41) is 6.37. The van der Waals surface area contributed by atoms with E-state index in [0.717, 1.165) is 42.2 Å². The molecule has 2 N–H and O–H groups in total. The Labute approximate surface area is 169 Å². The number of piperidine rings is 1. The summed E-state index contributed by atoms with van der Waals surface area (Å²) in [5.41, 5.74) is 1.85. The molecule has 28 heavy (non-hydrogen) atoms. The van der Waals surface area contributed by atoms with Gasteiger partial charge in [-0.15, -0.1) is 11.3 Å². The Morgan fingerprint density at radius 1 is 1.32 bits per heavy atom. The second-order valence-electron chi connectivity index (χ2n) is 7.14. The van der Waals surface area contributed by atoms with Crippen LogP contribution in [0.15, 0.2) is 43.1 Å². The van der Waals surface area contributed by atoms with Gasteiger partial charge in [0.05, 0.1) is 0 Å². The molecule has 3 rings (SSSR count). The zero-order valence-corrected chi connectivity index (χ0v) is 17.1. The average molecular weight is 399 g/mol. The summed E-state index contributed by atoms with van der Waals surface area (Å²) in [6.45, 7) is 9.24. The minimum absolute atomic E-state index is 0.0312. The second kappa shape index (κ2) is 9.01. The maximum Gasteiger partial charge on any atom is 0.247 e. The van der Waals surface area contributed by atoms with Crippen LogP contribution in [0.25, 0.3) is 0 Å². The minimum atomic E-state index is -0.221. The third-order valence-corrected chi connectivity index (χ3v) is 5.94. The highest BCUT2D eigenvalue weighted by Crippen LogP contribution is 2.29. The zero-order valence-electron chi connectivity index (χ0n) is 16.3. The number of aromatic nitrogens is 1. The van der Waals surface area contributed by atoms with Gasteiger partial charge >= 0.3 is 0 Å². The van der Waals surface area contributed by atoms with Crippen LogP contribution in [0, 0.1) is 18.8 Å². The summed E-state index contributed by atoms with van der Waals surface area (Å²) in [7, 11) is 0. The molecule has 0 bridgehead atoms. The number of benzene rings is 1. The molecule has 1 fully saturated rings. The van der Waals surface area contributed by atoms with Crippen LogP contribution in [0.4, 0.5) is 16.5 Å². The molecule has 0 aliphatic carbocycles. The number of nitrogens with one attached hydrogen (secondary N) is 2. The highest BCUT2D eigenvalue weighted by molar-refractivity contribution is 7.15. The van der Waals surface area contributed by atoms with Crippen LogP contribution in [-0.4, -0.2) is 29.9 Å². The van der Waals surface area contributed by atoms with E-state index >= 15 is 0 Å². The lowest BCUT2D eigenvalue weighted by Crippen LogP contribution is -2.41. The SMILES string of the molecule is C=CC(=O)Nc1ccc(N2CCCC(C(C)C(=O)Nc3ncc(C)s3)C2)cc1. The highest BCUT2D eigenvalue weighted by atomic mass is 32.1. The number of hydrogen-bond acceptors (Lipinski definition) is 5. The van der Waals surface area contributed by atoms with Crippen LogP contribution >= 0.6 is 11.3 Å². The Hall–Kier alpha value is -2.67. The third kappa shape index (κ3) is 4.98. The predicted molar refractivity (Wildman–Crippen MR) is 115 cm³/mol. The van der Waals surface area contributed by atoms with Crippen molar-refractivity contribution in [2.45, 2.75) is 26.7 Å². The van der Waals surface area contributed by atoms with Crippen LogP contribution in [0.1, 0.15) is 24.6 Å². The third-order valence-electron chi connectivity index (χ3n) is 5.12. The number of carbonyl (C=O) groups is 2. The molecule has 2 aromatic rings. The molecule has 1 aliphatic rings. The quantitative estimate of drug-likeness (QED) is 0.720. The fourth-order valence-electron chi connectivity index (χ4n) is 3.45. The van der Waals surface area contributed by atoms with Crippen LogP contribution in [0.5, 0.6) is 0 Å². The number of rotatable bonds is 6. The van der Waals surface area contributed by atoms with Crippen molar-refractivity contribution in [3.8, 4) is 0 Å². The average Bonchev–Trinajstić information content (AvgIpc) is 3.12. The highest BCUT2D eigenvalue weighted by Gasteiger charge is 2.29. The number of carbonyl (C=O) groups excluding carboxylic acids is 2. The Bertz CT molecular complexity index is 846. The first-order valence-electron chi connectivity index (χ1n) is 9.48. The number of aryl methyl sites for hydroxylation is 1. The van der Waals surface area contributed by atoms with Crippen molar-refractivity contribution in [2.75, 3.05) is 28.6 Å². The molecule has 2 atom stereocenters. The first kappa shape index (κ1) is 20.1. The van der Waals surface area contributed by atoms with Gasteiger partial charge in [-0.25, -0.2) is 4.98 Å². The molecule has 2 heterocycles. The van der Waals surface area contributed by atoms with Crippen molar-refractivity contribution in [1.82, 2.24) is 4.98 Å². The largest absolute Gasteiger partial charge is 0.371 e. The Balaban J connectivity index is 1.60. The topological polar surface area (TPSA) is 74.3 Å². The minimum Gasteiger partial charge on any atom is -0.371 e. The maximum atomic E-state index is 12.6. The van der Waals surface area contributed by atoms with Gasteiger partial charge in [0.15, 0.2) is 5.13 Å². The van der Waals surface area contributed by atoms with Crippen molar-refractivity contribution in [3.05, 3.63) is 48.0 Å². The number of thiazole rings is 1. The number of anilines is 3. The van der Waals surface area contributed by atoms with E-state index in [1.165, 1.54) is 17.4 Å². The molecular weight excluding hydrogens is 372 g/mol. The smallest absolute Gasteiger partial charge is 0.247 e. The lowest BCUT2D eigenvalue weighted by atomic mass is 9.86. The fourth-order valence-corrected chi connectivity index (χ4v) is 4.11. The normalized spacial score (nSPS) is 17.6. The number of hydrogen-bond donors (Lipinski definition) is 2. The first-order chi connectivity index (χ1) is 13.5. The lowest BCUT2D eigenvalue weighted by Gasteiger charge is -2.36. The molecule has 0 saturated carbocycles. The van der Waals surface area contributed by atoms with Gasteiger partial charge < -0.3 is 15.5 Å². The predicted octanol–water partition coefficient (Wildman–Crippen LogP) is 4.07. The van der Waals surface area contributed by atoms with Crippen molar-refractivity contribution in [1.29, 1.82) is 0 Å². The Morgan fingerprint density at radius 3 is 2.71 bits per heavy atom. The molecule has 1 aromatic carbocycles. The summed E-state index contributed by atoms with van der Waals surface area (Å²) in [6, 6.07) is 7.79. The summed E-state index contributed by atoms with van der Waals surface area (Å²) >= 11 is 1.50. The molecule has 0 spiro atoms. The fraction of sp³-hybridized carbons (Fsp3) is 0.381. The van der Waals surface area contributed by atoms with Crippen molar-refractivity contribution < 1.29 is 9.59 Å². The summed E-state index contributed by atoms with van der Waals surface area (Å²) in [4.78, 5) is 31.6. The molecule has 2 amide bonds. The molecule has 0 radical (unpaired) electrons. The van der Waals surface area contributed by atoms with Crippen molar-refractivity contribution >= 4 is 39.7 Å². The van der Waals surface area contributed by atoms with Gasteiger partial charge in [0.1, 0.15) is 0 Å². The van der Waals surface area contributed by atoms with E-state index in [0.29, 0.717) is 5.13 Å². The zero-order chi connectivity index (χ0) is 20.1. The van der Waals surface area contributed by atoms with Gasteiger partial charge in [-0.05, 0) is 56.0 Å². The van der Waals surface area contributed by atoms with Crippen molar-refractivity contribution in [3.63, 3.8) is 0 Å². The van der Waals surface area contributed by atoms with E-state index in [1.54, 1.807) is 6.20 Å². The van der Waals surface area contributed by atoms with E-state index < -0.39 is 0 Å². The van der Waals surface area contributed by atoms with Crippen LogP contribution in [0.3, 0.4) is 0 Å². The summed E-state index contributed by atoms with van der Waals surface area (Å²) < 4.78 is 0. The summed E-state index contributed by atoms with van der Waals surface area (Å²) in [5.74, 6) is 0.0119. The van der Waals surface area contributed by atoms with Gasteiger partial charge in [0.2, 0.25) is 11.8 Å². The molecular formula is C21H26N4O2S. The second-order valence-corrected chi connectivity index (χ2v) is 8.38. The van der Waals surface area contributed by atoms with Gasteiger partial charge in [-0.3, -0.25) is 9.59 Å². The monoisotopic (exact) mass is 398 g/mol. The standard InChI is InChI=1S/C21H26N4O2S/c1-4-19(26)23-17-7-9-18(10-8-17)25-11-5-6-16(13-25)15(3)20(27)24-21-22-12-14(2)28-21/h4,7-10,12,15-16H,1,5-6,11,13H2,2-3H3,(H,23,26)(H,22,24,27). The molecule has 2 unspecified atom stereocenters. The number of nitrogens with zero attached hydrogens (tertiary/aromatic N) is 2. The molecule has 7 heteroatoms. The van der Waals surface area contributed by atoms with Crippen LogP contribution in [-0.2, 0) is 9.59 Å². The van der Waals surface area contributed by atoms with E-state index in [-0.39, 0.29) is 23.7 Å². The van der Waals surface area contributed by atoms with Gasteiger partial charge in [0, 0.05) is 41.5 Å². The molecule has 1 aromatic heterocycles. The molecule has 6 nitrogen and oxygen atoms in total. The Kier molecular flexibility index (Phi) is 6.46. The number of amides is 2. The first-order valence-corrected chi connectivity index (χ1v) is 10.3. The van der Waals surface area contributed by atoms with Gasteiger partial charge in [0.25, 0.3) is 0 Å². The summed E-state index contributed by atoms with van der Waals surface area (Å²) in [6.07, 6.45) is 5.11. The van der Waals surface area contributed by atoms with E-state index in [4.69, 9.17) is 0 Å². The van der Waals surface area contributed by atoms with Crippen LogP contribution < -0.4 is 15.5 Å². The maximum absolute atomic E-state index is 12.6.